The summed E-state index contributed by atoms with van der Waals surface area (Å²) in [5, 5.41) is 0. The van der Waals surface area contributed by atoms with E-state index in [0.717, 1.165) is 94.9 Å². The topological polar surface area (TPSA) is 83.7 Å². The minimum atomic E-state index is -0.704. The van der Waals surface area contributed by atoms with Gasteiger partial charge in [-0.1, -0.05) is 144 Å². The van der Waals surface area contributed by atoms with Crippen LogP contribution in [0, 0.1) is 26.6 Å². The van der Waals surface area contributed by atoms with Crippen molar-refractivity contribution in [3.8, 4) is 61.4 Å². The zero-order valence-corrected chi connectivity index (χ0v) is 38.6. The van der Waals surface area contributed by atoms with E-state index < -0.39 is 17.7 Å². The van der Waals surface area contributed by atoms with Crippen LogP contribution in [-0.4, -0.2) is 25.9 Å². The molecular weight excluding hydrogens is 852 g/mol. The van der Waals surface area contributed by atoms with Gasteiger partial charge in [-0.05, 0) is 128 Å². The van der Waals surface area contributed by atoms with Crippen molar-refractivity contribution in [2.75, 3.05) is 0 Å². The number of halogens is 1. The van der Waals surface area contributed by atoms with Gasteiger partial charge in [-0.15, -0.1) is 0 Å². The normalized spacial score (nSPS) is 12.3. The Kier molecular flexibility index (Phi) is 11.1. The third kappa shape index (κ3) is 8.40. The SMILES string of the molecule is Cc1ccc(-c2c3nc(c(-c4ccc(C)cc4)c4ccc([nH]4)c(-c4ccc(OC(=O)[C@@H](C)c5ccc(-c6ccccc6)c(F)c5)cc4)c4nc(c(-c5ccc(C)cc5)c5ccc2[nH]5)C=C4)C=C3)cc1. The molecule has 0 aliphatic carbocycles. The maximum atomic E-state index is 15.4. The predicted octanol–water partition coefficient (Wildman–Crippen LogP) is 15.8. The largest absolute Gasteiger partial charge is 0.426 e. The van der Waals surface area contributed by atoms with Crippen LogP contribution in [0.25, 0.3) is 102 Å². The average molecular weight is 899 g/mol. The summed E-state index contributed by atoms with van der Waals surface area (Å²) in [6.07, 6.45) is 8.37. The first kappa shape index (κ1) is 42.9. The molecule has 2 aliphatic heterocycles. The van der Waals surface area contributed by atoms with Gasteiger partial charge in [0.15, 0.2) is 0 Å². The number of nitrogens with zero attached hydrogens (tertiary/aromatic N) is 2. The van der Waals surface area contributed by atoms with E-state index >= 15 is 4.39 Å². The highest BCUT2D eigenvalue weighted by Crippen LogP contribution is 2.39. The van der Waals surface area contributed by atoms with Gasteiger partial charge in [0, 0.05) is 49.9 Å². The van der Waals surface area contributed by atoms with Crippen LogP contribution >= 0.6 is 0 Å². The van der Waals surface area contributed by atoms with Crippen LogP contribution in [0.3, 0.4) is 0 Å². The molecule has 0 fully saturated rings. The molecule has 11 rings (SSSR count). The van der Waals surface area contributed by atoms with Crippen LogP contribution in [0.1, 0.15) is 57.9 Å². The van der Waals surface area contributed by atoms with Gasteiger partial charge in [0.1, 0.15) is 11.6 Å². The molecule has 8 bridgehead atoms. The van der Waals surface area contributed by atoms with Crippen molar-refractivity contribution >= 4 is 52.3 Å². The van der Waals surface area contributed by atoms with Crippen LogP contribution in [0.2, 0.25) is 0 Å². The standard InChI is InChI=1S/C62H47FN4O2/c1-37-10-16-42(17-11-37)58-50-28-30-52(64-50)59(43-18-12-38(2)13-19-43)54-32-34-56(66-54)61(57-35-33-55(67-57)60(53-31-29-51(58)65-53)44-20-14-39(3)15-21-44)45-22-25-47(26-23-45)69-62(68)40(4)46-24-27-48(49(63)36-46)41-8-6-5-7-9-41/h5-36,40,64,67H,1-4H3/t40-/m0/s1. The van der Waals surface area contributed by atoms with Gasteiger partial charge in [-0.2, -0.15) is 0 Å². The molecule has 6 nitrogen and oxygen atoms in total. The van der Waals surface area contributed by atoms with Crippen molar-refractivity contribution in [2.45, 2.75) is 33.6 Å². The number of nitrogens with one attached hydrogen (secondary N) is 2. The summed E-state index contributed by atoms with van der Waals surface area (Å²) >= 11 is 0. The number of aryl methyl sites for hydroxylation is 3. The lowest BCUT2D eigenvalue weighted by Crippen LogP contribution is -2.16. The number of benzene rings is 6. The number of aromatic nitrogens is 4. The number of ether oxygens (including phenoxy) is 1. The summed E-state index contributed by atoms with van der Waals surface area (Å²) in [6.45, 7) is 8.02. The highest BCUT2D eigenvalue weighted by Gasteiger charge is 2.22. The molecule has 3 aromatic heterocycles. The van der Waals surface area contributed by atoms with Crippen molar-refractivity contribution in [3.05, 3.63) is 221 Å². The van der Waals surface area contributed by atoms with Crippen LogP contribution in [0.15, 0.2) is 170 Å². The molecule has 0 amide bonds. The van der Waals surface area contributed by atoms with E-state index in [2.05, 4.69) is 152 Å². The molecule has 334 valence electrons. The lowest BCUT2D eigenvalue weighted by Gasteiger charge is -2.13. The Labute approximate surface area is 400 Å². The molecule has 1 atom stereocenters. The minimum absolute atomic E-state index is 0.376. The van der Waals surface area contributed by atoms with E-state index in [1.807, 2.05) is 42.5 Å². The summed E-state index contributed by atoms with van der Waals surface area (Å²) in [5.74, 6) is -1.20. The monoisotopic (exact) mass is 898 g/mol. The summed E-state index contributed by atoms with van der Waals surface area (Å²) < 4.78 is 21.3. The van der Waals surface area contributed by atoms with Gasteiger partial charge in [0.2, 0.25) is 0 Å². The van der Waals surface area contributed by atoms with Crippen molar-refractivity contribution in [3.63, 3.8) is 0 Å². The lowest BCUT2D eigenvalue weighted by molar-refractivity contribution is -0.135. The number of esters is 1. The molecule has 0 radical (unpaired) electrons. The van der Waals surface area contributed by atoms with E-state index in [-0.39, 0.29) is 0 Å². The molecule has 0 saturated heterocycles. The maximum absolute atomic E-state index is 15.4. The second-order valence-corrected chi connectivity index (χ2v) is 17.9. The van der Waals surface area contributed by atoms with Gasteiger partial charge < -0.3 is 14.7 Å². The van der Waals surface area contributed by atoms with Crippen LogP contribution in [0.5, 0.6) is 5.75 Å². The summed E-state index contributed by atoms with van der Waals surface area (Å²) in [7, 11) is 0. The zero-order valence-electron chi connectivity index (χ0n) is 38.6. The Morgan fingerprint density at radius 3 is 1.22 bits per heavy atom. The molecule has 2 aliphatic rings. The number of carbonyl (C=O) groups excluding carboxylic acids is 1. The number of H-pyrrole nitrogens is 2. The van der Waals surface area contributed by atoms with Gasteiger partial charge >= 0.3 is 5.97 Å². The maximum Gasteiger partial charge on any atom is 0.318 e. The Bertz CT molecular complexity index is 3630. The van der Waals surface area contributed by atoms with Crippen molar-refractivity contribution < 1.29 is 13.9 Å². The third-order valence-electron chi connectivity index (χ3n) is 13.1. The Balaban J connectivity index is 1.08. The molecular formula is C62H47FN4O2. The summed E-state index contributed by atoms with van der Waals surface area (Å²) in [6, 6.07) is 56.0. The average Bonchev–Trinajstić information content (AvgIpc) is 4.22. The fourth-order valence-corrected chi connectivity index (χ4v) is 9.26. The van der Waals surface area contributed by atoms with Crippen molar-refractivity contribution in [1.29, 1.82) is 0 Å². The number of hydrogen-bond donors (Lipinski definition) is 2. The smallest absolute Gasteiger partial charge is 0.318 e. The first-order valence-corrected chi connectivity index (χ1v) is 23.2. The molecule has 0 spiro atoms. The molecule has 9 aromatic rings. The molecule has 0 unspecified atom stereocenters. The molecule has 2 N–H and O–H groups in total. The van der Waals surface area contributed by atoms with Gasteiger partial charge in [-0.25, -0.2) is 14.4 Å². The fourth-order valence-electron chi connectivity index (χ4n) is 9.26. The number of fused-ring (bicyclic) bond motifs is 8. The quantitative estimate of drug-likeness (QED) is 0.118. The lowest BCUT2D eigenvalue weighted by atomic mass is 9.97. The number of carbonyl (C=O) groups is 1. The molecule has 0 saturated carbocycles. The Morgan fingerprint density at radius 2 is 0.841 bits per heavy atom. The molecule has 7 heteroatoms. The van der Waals surface area contributed by atoms with Crippen molar-refractivity contribution in [2.24, 2.45) is 0 Å². The number of hydrogen-bond acceptors (Lipinski definition) is 4. The third-order valence-corrected chi connectivity index (χ3v) is 13.1. The molecule has 69 heavy (non-hydrogen) atoms. The van der Waals surface area contributed by atoms with E-state index in [1.165, 1.54) is 22.8 Å². The highest BCUT2D eigenvalue weighted by atomic mass is 19.1. The van der Waals surface area contributed by atoms with Crippen molar-refractivity contribution in [1.82, 2.24) is 19.9 Å². The highest BCUT2D eigenvalue weighted by molar-refractivity contribution is 6.00. The Hall–Kier alpha value is -8.68. The second-order valence-electron chi connectivity index (χ2n) is 17.9. The fraction of sp³-hybridized carbons (Fsp3) is 0.0806. The molecule has 6 aromatic carbocycles. The van der Waals surface area contributed by atoms with E-state index in [4.69, 9.17) is 14.7 Å². The number of aromatic amines is 2. The zero-order chi connectivity index (χ0) is 47.2. The number of rotatable bonds is 8. The second kappa shape index (κ2) is 17.8. The molecule has 5 heterocycles. The summed E-state index contributed by atoms with van der Waals surface area (Å²) in [4.78, 5) is 32.1. The van der Waals surface area contributed by atoms with E-state index in [1.54, 1.807) is 31.2 Å². The van der Waals surface area contributed by atoms with Crippen LogP contribution in [-0.2, 0) is 4.79 Å². The Morgan fingerprint density at radius 1 is 0.464 bits per heavy atom. The predicted molar refractivity (Wildman–Crippen MR) is 281 cm³/mol. The minimum Gasteiger partial charge on any atom is -0.426 e. The summed E-state index contributed by atoms with van der Waals surface area (Å²) in [5.41, 5.74) is 20.0. The first-order chi connectivity index (χ1) is 33.6. The first-order valence-electron chi connectivity index (χ1n) is 23.2. The van der Waals surface area contributed by atoms with E-state index in [0.29, 0.717) is 16.9 Å². The van der Waals surface area contributed by atoms with Crippen LogP contribution < -0.4 is 4.74 Å². The van der Waals surface area contributed by atoms with Gasteiger partial charge in [0.05, 0.1) is 28.7 Å². The van der Waals surface area contributed by atoms with E-state index in [9.17, 15) is 4.79 Å². The van der Waals surface area contributed by atoms with Gasteiger partial charge in [0.25, 0.3) is 0 Å². The van der Waals surface area contributed by atoms with Gasteiger partial charge in [-0.3, -0.25) is 4.79 Å². The van der Waals surface area contributed by atoms with Crippen LogP contribution in [0.4, 0.5) is 4.39 Å².